The molecule has 1 aromatic heterocycles. The van der Waals surface area contributed by atoms with E-state index in [2.05, 4.69) is 236 Å². The molecule has 0 N–H and O–H groups in total. The summed E-state index contributed by atoms with van der Waals surface area (Å²) in [5, 5.41) is 4.74. The Bertz CT molecular complexity index is 3490. The number of para-hydroxylation sites is 2. The fraction of sp³-hybridized carbons (Fsp3) is 0.0333. The normalized spacial score (nSPS) is 14.3. The van der Waals surface area contributed by atoms with Crippen LogP contribution >= 0.6 is 0 Å². The average Bonchev–Trinajstić information content (AvgIpc) is 3.85. The zero-order chi connectivity index (χ0) is 41.2. The van der Waals surface area contributed by atoms with Crippen LogP contribution in [-0.4, -0.2) is 0 Å². The quantitative estimate of drug-likeness (QED) is 0.160. The van der Waals surface area contributed by atoms with Gasteiger partial charge in [-0.1, -0.05) is 176 Å². The zero-order valence-electron chi connectivity index (χ0n) is 34.3. The molecule has 1 unspecified atom stereocenters. The van der Waals surface area contributed by atoms with Crippen LogP contribution in [0.5, 0.6) is 0 Å². The summed E-state index contributed by atoms with van der Waals surface area (Å²) in [6.45, 7) is 2.39. The van der Waals surface area contributed by atoms with Crippen LogP contribution in [0.4, 0.5) is 17.1 Å². The Labute approximate surface area is 361 Å². The van der Waals surface area contributed by atoms with E-state index in [9.17, 15) is 0 Å². The highest BCUT2D eigenvalue weighted by Crippen LogP contribution is 2.54. The molecule has 0 saturated carbocycles. The minimum absolute atomic E-state index is 0.303. The number of hydrogen-bond acceptors (Lipinski definition) is 2. The third-order valence-corrected chi connectivity index (χ3v) is 13.1. The molecule has 2 nitrogen and oxygen atoms in total. The summed E-state index contributed by atoms with van der Waals surface area (Å²) in [7, 11) is 0. The van der Waals surface area contributed by atoms with Gasteiger partial charge in [0.1, 0.15) is 11.2 Å². The molecule has 292 valence electrons. The van der Waals surface area contributed by atoms with Crippen molar-refractivity contribution >= 4 is 49.8 Å². The summed E-state index contributed by atoms with van der Waals surface area (Å²) >= 11 is 0. The van der Waals surface area contributed by atoms with Crippen LogP contribution in [0, 0.1) is 0 Å². The van der Waals surface area contributed by atoms with Crippen molar-refractivity contribution in [3.8, 4) is 44.5 Å². The molecule has 62 heavy (non-hydrogen) atoms. The molecule has 0 spiro atoms. The fourth-order valence-electron chi connectivity index (χ4n) is 10.1. The van der Waals surface area contributed by atoms with Crippen molar-refractivity contribution in [3.05, 3.63) is 247 Å². The van der Waals surface area contributed by atoms with E-state index in [-0.39, 0.29) is 5.41 Å². The van der Waals surface area contributed by atoms with E-state index in [1.807, 2.05) is 6.07 Å². The van der Waals surface area contributed by atoms with Gasteiger partial charge in [0.05, 0.1) is 5.69 Å². The lowest BCUT2D eigenvalue weighted by Crippen LogP contribution is -2.22. The largest absolute Gasteiger partial charge is 0.456 e. The first-order valence-corrected chi connectivity index (χ1v) is 21.4. The van der Waals surface area contributed by atoms with Crippen LogP contribution in [0.3, 0.4) is 0 Å². The van der Waals surface area contributed by atoms with E-state index in [1.165, 1.54) is 55.3 Å². The van der Waals surface area contributed by atoms with Gasteiger partial charge in [-0.3, -0.25) is 0 Å². The first-order chi connectivity index (χ1) is 30.6. The lowest BCUT2D eigenvalue weighted by atomic mass is 9.74. The molecule has 1 aliphatic rings. The van der Waals surface area contributed by atoms with Gasteiger partial charge in [0.15, 0.2) is 0 Å². The molecule has 0 aliphatic heterocycles. The Morgan fingerprint density at radius 2 is 1.02 bits per heavy atom. The van der Waals surface area contributed by atoms with Crippen molar-refractivity contribution in [2.75, 3.05) is 4.90 Å². The number of anilines is 3. The molecule has 0 bridgehead atoms. The van der Waals surface area contributed by atoms with Gasteiger partial charge in [-0.25, -0.2) is 0 Å². The average molecular weight is 792 g/mol. The molecule has 11 aromatic rings. The smallest absolute Gasteiger partial charge is 0.136 e. The highest BCUT2D eigenvalue weighted by atomic mass is 16.3. The van der Waals surface area contributed by atoms with Gasteiger partial charge in [-0.2, -0.15) is 0 Å². The molecule has 0 amide bonds. The van der Waals surface area contributed by atoms with E-state index >= 15 is 0 Å². The summed E-state index contributed by atoms with van der Waals surface area (Å²) in [6, 6.07) is 83.9. The summed E-state index contributed by atoms with van der Waals surface area (Å²) in [5.41, 5.74) is 18.3. The minimum Gasteiger partial charge on any atom is -0.456 e. The van der Waals surface area contributed by atoms with Gasteiger partial charge in [0.2, 0.25) is 0 Å². The predicted molar refractivity (Wildman–Crippen MR) is 260 cm³/mol. The van der Waals surface area contributed by atoms with Gasteiger partial charge in [0.25, 0.3) is 0 Å². The Hall–Kier alpha value is -7.94. The van der Waals surface area contributed by atoms with Crippen LogP contribution in [0.25, 0.3) is 77.2 Å². The highest BCUT2D eigenvalue weighted by molar-refractivity contribution is 6.12. The zero-order valence-corrected chi connectivity index (χ0v) is 34.3. The van der Waals surface area contributed by atoms with Crippen molar-refractivity contribution in [1.29, 1.82) is 0 Å². The predicted octanol–water partition coefficient (Wildman–Crippen LogP) is 16.5. The molecular weight excluding hydrogens is 751 g/mol. The van der Waals surface area contributed by atoms with Crippen LogP contribution in [0.1, 0.15) is 23.6 Å². The molecule has 1 aliphatic carbocycles. The molecule has 2 heteroatoms. The molecule has 0 saturated heterocycles. The van der Waals surface area contributed by atoms with E-state index < -0.39 is 0 Å². The Kier molecular flexibility index (Phi) is 8.33. The van der Waals surface area contributed by atoms with Gasteiger partial charge in [0, 0.05) is 33.1 Å². The second-order valence-electron chi connectivity index (χ2n) is 16.6. The summed E-state index contributed by atoms with van der Waals surface area (Å²) in [5.74, 6) is 0. The number of benzene rings is 10. The number of rotatable bonds is 7. The summed E-state index contributed by atoms with van der Waals surface area (Å²) < 4.78 is 6.35. The second-order valence-corrected chi connectivity index (χ2v) is 16.6. The molecule has 1 heterocycles. The fourth-order valence-corrected chi connectivity index (χ4v) is 10.1. The van der Waals surface area contributed by atoms with Crippen molar-refractivity contribution in [2.24, 2.45) is 0 Å². The number of furan rings is 1. The van der Waals surface area contributed by atoms with Gasteiger partial charge < -0.3 is 9.32 Å². The maximum Gasteiger partial charge on any atom is 0.136 e. The van der Waals surface area contributed by atoms with Crippen molar-refractivity contribution in [3.63, 3.8) is 0 Å². The number of hydrogen-bond donors (Lipinski definition) is 0. The van der Waals surface area contributed by atoms with E-state index in [0.29, 0.717) is 0 Å². The lowest BCUT2D eigenvalue weighted by Gasteiger charge is -2.30. The van der Waals surface area contributed by atoms with Gasteiger partial charge in [-0.05, 0) is 128 Å². The Morgan fingerprint density at radius 3 is 1.90 bits per heavy atom. The van der Waals surface area contributed by atoms with Gasteiger partial charge >= 0.3 is 0 Å². The molecule has 0 fully saturated rings. The van der Waals surface area contributed by atoms with Crippen LogP contribution < -0.4 is 4.90 Å². The molecule has 10 aromatic carbocycles. The Morgan fingerprint density at radius 1 is 0.371 bits per heavy atom. The maximum absolute atomic E-state index is 6.35. The summed E-state index contributed by atoms with van der Waals surface area (Å²) in [4.78, 5) is 2.43. The van der Waals surface area contributed by atoms with Crippen molar-refractivity contribution in [1.82, 2.24) is 0 Å². The van der Waals surface area contributed by atoms with E-state index in [4.69, 9.17) is 4.42 Å². The standard InChI is InChI=1S/C60H41NO/c1-60(46-18-3-2-4-19-46)54-25-10-7-22-51(54)52-36-33-45(39-55(52)60)49-21-8-11-26-56(49)61(47-34-31-41(32-35-47)43-30-29-40-15-5-6-16-42(40)37-43)48-20-13-17-44(38-48)50-24-14-28-58-59(50)53-23-9-12-27-57(53)62-58/h2-39H,1H3. The topological polar surface area (TPSA) is 16.4 Å². The SMILES string of the molecule is CC1(c2ccccc2)c2ccccc2-c2ccc(-c3ccccc3N(c3ccc(-c4ccc5ccccc5c4)cc3)c3cccc(-c4cccc5oc6ccccc6c45)c3)cc21. The molecular formula is C60H41NO. The monoisotopic (exact) mass is 791 g/mol. The van der Waals surface area contributed by atoms with Crippen molar-refractivity contribution in [2.45, 2.75) is 12.3 Å². The van der Waals surface area contributed by atoms with Crippen LogP contribution in [0.2, 0.25) is 0 Å². The Balaban J connectivity index is 1.03. The first-order valence-electron chi connectivity index (χ1n) is 21.4. The van der Waals surface area contributed by atoms with Crippen LogP contribution in [-0.2, 0) is 5.41 Å². The number of nitrogens with zero attached hydrogens (tertiary/aromatic N) is 1. The van der Waals surface area contributed by atoms with Crippen LogP contribution in [0.15, 0.2) is 235 Å². The highest BCUT2D eigenvalue weighted by Gasteiger charge is 2.40. The van der Waals surface area contributed by atoms with Crippen molar-refractivity contribution < 1.29 is 4.42 Å². The van der Waals surface area contributed by atoms with E-state index in [1.54, 1.807) is 0 Å². The minimum atomic E-state index is -0.303. The third kappa shape index (κ3) is 5.72. The van der Waals surface area contributed by atoms with Gasteiger partial charge in [-0.15, -0.1) is 0 Å². The molecule has 0 radical (unpaired) electrons. The number of fused-ring (bicyclic) bond motifs is 7. The summed E-state index contributed by atoms with van der Waals surface area (Å²) in [6.07, 6.45) is 0. The maximum atomic E-state index is 6.35. The third-order valence-electron chi connectivity index (χ3n) is 13.1. The molecule has 1 atom stereocenters. The van der Waals surface area contributed by atoms with E-state index in [0.717, 1.165) is 55.7 Å². The molecule has 12 rings (SSSR count). The second kappa shape index (κ2) is 14.4. The first kappa shape index (κ1) is 36.0. The lowest BCUT2D eigenvalue weighted by molar-refractivity contribution is 0.669.